The third-order valence-electron chi connectivity index (χ3n) is 11.8. The molecule has 0 amide bonds. The molecule has 2 aliphatic heterocycles. The molecule has 1 saturated carbocycles. The van der Waals surface area contributed by atoms with Gasteiger partial charge < -0.3 is 24.7 Å². The average Bonchev–Trinajstić information content (AvgIpc) is 3.69. The van der Waals surface area contributed by atoms with Crippen molar-refractivity contribution in [1.82, 2.24) is 0 Å². The molecule has 0 saturated heterocycles. The fraction of sp³-hybridized carbons (Fsp3) is 0.333. The summed E-state index contributed by atoms with van der Waals surface area (Å²) in [5.74, 6) is 3.30. The predicted molar refractivity (Wildman–Crippen MR) is 202 cm³/mol. The Balaban J connectivity index is 1.40. The van der Waals surface area contributed by atoms with Crippen LogP contribution in [0.15, 0.2) is 84.9 Å². The molecule has 0 bridgehead atoms. The molecule has 4 aliphatic rings. The Morgan fingerprint density at radius 3 is 1.98 bits per heavy atom. The van der Waals surface area contributed by atoms with Gasteiger partial charge in [-0.2, -0.15) is 0 Å². The van der Waals surface area contributed by atoms with Crippen LogP contribution in [0, 0.1) is 10.8 Å². The smallest absolute Gasteiger partial charge is 0.178 e. The van der Waals surface area contributed by atoms with E-state index < -0.39 is 5.60 Å². The van der Waals surface area contributed by atoms with Gasteiger partial charge in [0.1, 0.15) is 23.0 Å². The Morgan fingerprint density at radius 2 is 1.36 bits per heavy atom. The molecule has 2 aliphatic carbocycles. The highest BCUT2D eigenvalue weighted by Gasteiger charge is 2.55. The van der Waals surface area contributed by atoms with Crippen LogP contribution in [0.4, 0.5) is 5.69 Å². The summed E-state index contributed by atoms with van der Waals surface area (Å²) in [6.45, 7) is 10.5. The van der Waals surface area contributed by atoms with Gasteiger partial charge in [0.25, 0.3) is 0 Å². The molecule has 5 nitrogen and oxygen atoms in total. The third kappa shape index (κ3) is 4.31. The monoisotopic (exact) mass is 663 g/mol. The van der Waals surface area contributed by atoms with E-state index in [2.05, 4.69) is 94.4 Å². The van der Waals surface area contributed by atoms with Crippen molar-refractivity contribution in [3.05, 3.63) is 118 Å². The molecule has 2 N–H and O–H groups in total. The van der Waals surface area contributed by atoms with Gasteiger partial charge in [-0.25, -0.2) is 0 Å². The molecule has 0 unspecified atom stereocenters. The van der Waals surface area contributed by atoms with Gasteiger partial charge in [-0.15, -0.1) is 0 Å². The standard InChI is InChI=1S/C45H45NO4/c1-42(2)24-43(3,4)26-44(25-42)35-10-8-7-9-31(35)38-37-32-20-22-49-41(32)36(46)23-34(37)40-33(39(38)44)19-21-45(50-40,27-11-15-29(47-5)16-12-27)28-13-17-30(48-6)18-14-28/h7-19,21,23H,20,22,24-26,46H2,1-6H3. The van der Waals surface area contributed by atoms with Crippen molar-refractivity contribution < 1.29 is 18.9 Å². The van der Waals surface area contributed by atoms with Gasteiger partial charge in [0.15, 0.2) is 5.60 Å². The van der Waals surface area contributed by atoms with Crippen molar-refractivity contribution in [3.63, 3.8) is 0 Å². The maximum atomic E-state index is 7.66. The first kappa shape index (κ1) is 31.1. The topological polar surface area (TPSA) is 62.9 Å². The zero-order valence-electron chi connectivity index (χ0n) is 29.9. The van der Waals surface area contributed by atoms with E-state index in [0.717, 1.165) is 64.3 Å². The summed E-state index contributed by atoms with van der Waals surface area (Å²) in [6, 6.07) is 27.7. The first-order valence-corrected chi connectivity index (χ1v) is 17.8. The van der Waals surface area contributed by atoms with Crippen molar-refractivity contribution in [1.29, 1.82) is 0 Å². The quantitative estimate of drug-likeness (QED) is 0.194. The van der Waals surface area contributed by atoms with E-state index in [0.29, 0.717) is 12.3 Å². The summed E-state index contributed by atoms with van der Waals surface area (Å²) < 4.78 is 25.1. The van der Waals surface area contributed by atoms with E-state index in [1.165, 1.54) is 39.6 Å². The van der Waals surface area contributed by atoms with Crippen LogP contribution in [0.3, 0.4) is 0 Å². The Labute approximate surface area is 295 Å². The van der Waals surface area contributed by atoms with Crippen LogP contribution >= 0.6 is 0 Å². The lowest BCUT2D eigenvalue weighted by molar-refractivity contribution is 0.0642. The summed E-state index contributed by atoms with van der Waals surface area (Å²) >= 11 is 0. The van der Waals surface area contributed by atoms with E-state index in [4.69, 9.17) is 24.7 Å². The molecule has 0 aromatic heterocycles. The van der Waals surface area contributed by atoms with Crippen LogP contribution in [0.25, 0.3) is 28.0 Å². The zero-order chi connectivity index (χ0) is 34.6. The molecule has 0 radical (unpaired) electrons. The van der Waals surface area contributed by atoms with Crippen molar-refractivity contribution in [2.24, 2.45) is 10.8 Å². The van der Waals surface area contributed by atoms with E-state index in [1.54, 1.807) is 14.2 Å². The van der Waals surface area contributed by atoms with Crippen molar-refractivity contribution in [2.75, 3.05) is 26.6 Å². The molecule has 5 aromatic rings. The van der Waals surface area contributed by atoms with Crippen molar-refractivity contribution in [2.45, 2.75) is 64.4 Å². The minimum absolute atomic E-state index is 0.139. The Morgan fingerprint density at radius 1 is 0.740 bits per heavy atom. The number of nitrogens with two attached hydrogens (primary N) is 1. The fourth-order valence-electron chi connectivity index (χ4n) is 10.7. The summed E-state index contributed by atoms with van der Waals surface area (Å²) in [7, 11) is 3.39. The lowest BCUT2D eigenvalue weighted by atomic mass is 9.52. The molecule has 50 heavy (non-hydrogen) atoms. The third-order valence-corrected chi connectivity index (χ3v) is 11.8. The SMILES string of the molecule is COc1ccc(C2(c3ccc(OC)cc3)C=Cc3c4c(c5c6c(c(N)cc5c3O2)OCC6)-c2ccccc2C42CC(C)(C)CC(C)(C)C2)cc1. The highest BCUT2D eigenvalue weighted by atomic mass is 16.5. The minimum Gasteiger partial charge on any atom is -0.497 e. The molecule has 254 valence electrons. The number of methoxy groups -OCH3 is 2. The maximum absolute atomic E-state index is 7.66. The molecular formula is C45H45NO4. The Kier molecular flexibility index (Phi) is 6.57. The van der Waals surface area contributed by atoms with Gasteiger partial charge in [0.2, 0.25) is 0 Å². The minimum atomic E-state index is -0.916. The first-order chi connectivity index (χ1) is 24.0. The van der Waals surface area contributed by atoms with Crippen molar-refractivity contribution in [3.8, 4) is 34.1 Å². The van der Waals surface area contributed by atoms with Gasteiger partial charge >= 0.3 is 0 Å². The lowest BCUT2D eigenvalue weighted by Gasteiger charge is -2.52. The normalized spacial score (nSPS) is 19.6. The number of fused-ring (bicyclic) bond motifs is 12. The van der Waals surface area contributed by atoms with E-state index >= 15 is 0 Å². The molecule has 9 rings (SSSR count). The second kappa shape index (κ2) is 10.6. The number of hydrogen-bond acceptors (Lipinski definition) is 5. The summed E-state index contributed by atoms with van der Waals surface area (Å²) in [5, 5.41) is 2.26. The van der Waals surface area contributed by atoms with E-state index in [1.807, 2.05) is 24.3 Å². The molecule has 0 atom stereocenters. The Hall–Kier alpha value is -4.90. The van der Waals surface area contributed by atoms with Crippen LogP contribution < -0.4 is 24.7 Å². The number of rotatable bonds is 4. The number of ether oxygens (including phenoxy) is 4. The zero-order valence-corrected chi connectivity index (χ0v) is 29.9. The second-order valence-electron chi connectivity index (χ2n) is 16.4. The van der Waals surface area contributed by atoms with Gasteiger partial charge in [-0.3, -0.25) is 0 Å². The van der Waals surface area contributed by atoms with Crippen LogP contribution in [-0.4, -0.2) is 20.8 Å². The van der Waals surface area contributed by atoms with Crippen LogP contribution in [0.2, 0.25) is 0 Å². The predicted octanol–water partition coefficient (Wildman–Crippen LogP) is 10.2. The highest BCUT2D eigenvalue weighted by molar-refractivity contribution is 6.12. The first-order valence-electron chi connectivity index (χ1n) is 17.8. The fourth-order valence-corrected chi connectivity index (χ4v) is 10.7. The Bertz CT molecular complexity index is 2160. The van der Waals surface area contributed by atoms with Gasteiger partial charge in [0.05, 0.1) is 26.5 Å². The van der Waals surface area contributed by atoms with Crippen LogP contribution in [0.5, 0.6) is 23.0 Å². The summed E-state index contributed by atoms with van der Waals surface area (Å²) in [5.41, 5.74) is 16.6. The second-order valence-corrected chi connectivity index (χ2v) is 16.4. The number of anilines is 1. The van der Waals surface area contributed by atoms with Gasteiger partial charge in [-0.1, -0.05) is 82.3 Å². The molecular weight excluding hydrogens is 618 g/mol. The van der Waals surface area contributed by atoms with E-state index in [9.17, 15) is 0 Å². The largest absolute Gasteiger partial charge is 0.497 e. The van der Waals surface area contributed by atoms with Gasteiger partial charge in [-0.05, 0) is 88.8 Å². The van der Waals surface area contributed by atoms with E-state index in [-0.39, 0.29) is 16.2 Å². The molecule has 5 aromatic carbocycles. The maximum Gasteiger partial charge on any atom is 0.178 e. The average molecular weight is 664 g/mol. The lowest BCUT2D eigenvalue weighted by Crippen LogP contribution is -2.44. The molecule has 5 heteroatoms. The number of benzene rings is 5. The number of nitrogen functional groups attached to an aromatic ring is 1. The number of hydrogen-bond donors (Lipinski definition) is 1. The van der Waals surface area contributed by atoms with Crippen LogP contribution in [0.1, 0.15) is 80.3 Å². The van der Waals surface area contributed by atoms with Gasteiger partial charge in [0, 0.05) is 44.9 Å². The highest BCUT2D eigenvalue weighted by Crippen LogP contribution is 2.67. The van der Waals surface area contributed by atoms with Crippen LogP contribution in [-0.2, 0) is 17.4 Å². The summed E-state index contributed by atoms with van der Waals surface area (Å²) in [4.78, 5) is 0. The molecule has 1 spiro atoms. The van der Waals surface area contributed by atoms with Crippen molar-refractivity contribution >= 4 is 22.5 Å². The molecule has 2 heterocycles. The molecule has 1 fully saturated rings. The summed E-state index contributed by atoms with van der Waals surface area (Å²) in [6.07, 6.45) is 8.74.